The van der Waals surface area contributed by atoms with Crippen molar-refractivity contribution in [2.75, 3.05) is 71.7 Å². The van der Waals surface area contributed by atoms with E-state index in [9.17, 15) is 5.26 Å². The van der Waals surface area contributed by atoms with Crippen LogP contribution < -0.4 is 5.32 Å². The molecule has 0 radical (unpaired) electrons. The third kappa shape index (κ3) is 9.62. The normalized spacial score (nSPS) is 14.7. The van der Waals surface area contributed by atoms with Gasteiger partial charge < -0.3 is 19.9 Å². The van der Waals surface area contributed by atoms with Crippen molar-refractivity contribution in [1.29, 1.82) is 5.26 Å². The molecule has 2 aromatic carbocycles. The van der Waals surface area contributed by atoms with E-state index in [1.807, 2.05) is 37.3 Å². The fourth-order valence-corrected chi connectivity index (χ4v) is 6.20. The molecule has 0 atom stereocenters. The first-order valence-corrected chi connectivity index (χ1v) is 16.4. The molecular formula is C32H41N9OS2. The van der Waals surface area contributed by atoms with Gasteiger partial charge in [0, 0.05) is 66.6 Å². The highest BCUT2D eigenvalue weighted by atomic mass is 32.2. The fraction of sp³-hybridized carbons (Fsp3) is 0.375. The number of aromatic amines is 1. The van der Waals surface area contributed by atoms with Gasteiger partial charge in [0.25, 0.3) is 0 Å². The number of benzene rings is 2. The number of aryl methyl sites for hydroxylation is 1. The molecule has 2 N–H and O–H groups in total. The average Bonchev–Trinajstić information content (AvgIpc) is 3.46. The van der Waals surface area contributed by atoms with Crippen LogP contribution in [-0.2, 0) is 10.5 Å². The highest BCUT2D eigenvalue weighted by molar-refractivity contribution is 7.99. The molecule has 1 aliphatic rings. The van der Waals surface area contributed by atoms with Gasteiger partial charge >= 0.3 is 0 Å². The van der Waals surface area contributed by atoms with Crippen LogP contribution >= 0.6 is 23.5 Å². The van der Waals surface area contributed by atoms with E-state index in [-0.39, 0.29) is 0 Å². The van der Waals surface area contributed by atoms with Crippen molar-refractivity contribution < 1.29 is 4.74 Å². The zero-order valence-corrected chi connectivity index (χ0v) is 27.5. The van der Waals surface area contributed by atoms with Crippen molar-refractivity contribution in [3.63, 3.8) is 0 Å². The lowest BCUT2D eigenvalue weighted by molar-refractivity contribution is 0.143. The van der Waals surface area contributed by atoms with E-state index < -0.39 is 0 Å². The van der Waals surface area contributed by atoms with Crippen LogP contribution in [0.25, 0.3) is 0 Å². The van der Waals surface area contributed by atoms with E-state index >= 15 is 0 Å². The molecule has 0 amide bonds. The summed E-state index contributed by atoms with van der Waals surface area (Å²) in [5.41, 5.74) is 2.71. The fourth-order valence-electron chi connectivity index (χ4n) is 4.63. The number of thioether (sulfide) groups is 2. The largest absolute Gasteiger partial charge is 0.490 e. The summed E-state index contributed by atoms with van der Waals surface area (Å²) in [6.45, 7) is 11.4. The van der Waals surface area contributed by atoms with Crippen LogP contribution in [0.15, 0.2) is 86.0 Å². The minimum atomic E-state index is 0.462. The maximum Gasteiger partial charge on any atom is 0.204 e. The predicted molar refractivity (Wildman–Crippen MR) is 182 cm³/mol. The topological polar surface area (TPSA) is 108 Å². The summed E-state index contributed by atoms with van der Waals surface area (Å²) in [6.07, 6.45) is 0. The molecule has 4 rings (SSSR count). The first-order valence-electron chi connectivity index (χ1n) is 14.4. The SMILES string of the molecule is C=N/C(=C(OC)\C(=N/CSc1ccc(SCc2ccccc2C#N)cc1)Nc1cc(C)[nH]n1)N1CCN(CCN(C)C)CC1. The Morgan fingerprint density at radius 3 is 2.43 bits per heavy atom. The third-order valence-electron chi connectivity index (χ3n) is 7.07. The number of hydrogen-bond acceptors (Lipinski definition) is 10. The molecular weight excluding hydrogens is 591 g/mol. The number of nitrogens with zero attached hydrogens (tertiary/aromatic N) is 7. The molecule has 44 heavy (non-hydrogen) atoms. The number of rotatable bonds is 14. The van der Waals surface area contributed by atoms with Gasteiger partial charge in [-0.3, -0.25) is 15.0 Å². The molecule has 0 saturated carbocycles. The molecule has 0 aliphatic carbocycles. The number of piperazine rings is 1. The molecule has 232 valence electrons. The summed E-state index contributed by atoms with van der Waals surface area (Å²) in [6, 6.07) is 20.3. The van der Waals surface area contributed by atoms with Crippen LogP contribution in [0.1, 0.15) is 16.8 Å². The number of likely N-dealkylation sites (N-methyl/N-ethyl adjacent to an activating group) is 1. The van der Waals surface area contributed by atoms with Gasteiger partial charge in [-0.25, -0.2) is 4.99 Å². The molecule has 1 aromatic heterocycles. The van der Waals surface area contributed by atoms with Crippen LogP contribution in [0.5, 0.6) is 0 Å². The summed E-state index contributed by atoms with van der Waals surface area (Å²) in [7, 11) is 5.84. The molecule has 0 unspecified atom stereocenters. The van der Waals surface area contributed by atoms with E-state index in [4.69, 9.17) is 9.73 Å². The Labute approximate surface area is 269 Å². The van der Waals surface area contributed by atoms with Crippen LogP contribution in [0.4, 0.5) is 5.82 Å². The van der Waals surface area contributed by atoms with E-state index in [0.717, 1.165) is 71.6 Å². The molecule has 0 spiro atoms. The number of hydrogen-bond donors (Lipinski definition) is 2. The maximum absolute atomic E-state index is 9.35. The van der Waals surface area contributed by atoms with E-state index in [1.165, 1.54) is 0 Å². The monoisotopic (exact) mass is 631 g/mol. The Kier molecular flexibility index (Phi) is 12.7. The van der Waals surface area contributed by atoms with Crippen molar-refractivity contribution in [3.8, 4) is 6.07 Å². The van der Waals surface area contributed by atoms with Gasteiger partial charge in [-0.05, 0) is 63.6 Å². The molecule has 1 aliphatic heterocycles. The Bertz CT molecular complexity index is 1470. The Morgan fingerprint density at radius 1 is 1.11 bits per heavy atom. The first-order chi connectivity index (χ1) is 21.4. The second-order valence-electron chi connectivity index (χ2n) is 10.5. The number of anilines is 1. The number of H-pyrrole nitrogens is 1. The lowest BCUT2D eigenvalue weighted by atomic mass is 10.1. The number of aromatic nitrogens is 2. The van der Waals surface area contributed by atoms with Gasteiger partial charge in [0.2, 0.25) is 5.76 Å². The van der Waals surface area contributed by atoms with Crippen molar-refractivity contribution in [1.82, 2.24) is 24.9 Å². The molecule has 10 nitrogen and oxygen atoms in total. The summed E-state index contributed by atoms with van der Waals surface area (Å²) in [5, 5.41) is 20.0. The second-order valence-corrected chi connectivity index (χ2v) is 12.6. The van der Waals surface area contributed by atoms with E-state index in [0.29, 0.717) is 29.1 Å². The summed E-state index contributed by atoms with van der Waals surface area (Å²) in [5.74, 6) is 3.61. The van der Waals surface area contributed by atoms with Crippen LogP contribution in [0.3, 0.4) is 0 Å². The molecule has 1 fully saturated rings. The van der Waals surface area contributed by atoms with E-state index in [2.05, 4.69) is 86.4 Å². The average molecular weight is 632 g/mol. The lowest BCUT2D eigenvalue weighted by Crippen LogP contribution is -2.47. The van der Waals surface area contributed by atoms with E-state index in [1.54, 1.807) is 30.6 Å². The first kappa shape index (κ1) is 33.1. The number of aliphatic imine (C=N–C) groups is 2. The zero-order valence-electron chi connectivity index (χ0n) is 25.9. The molecule has 12 heteroatoms. The maximum atomic E-state index is 9.35. The minimum Gasteiger partial charge on any atom is -0.490 e. The van der Waals surface area contributed by atoms with Crippen LogP contribution in [0.2, 0.25) is 0 Å². The molecule has 2 heterocycles. The number of amidine groups is 1. The quantitative estimate of drug-likeness (QED) is 0.108. The Morgan fingerprint density at radius 2 is 1.82 bits per heavy atom. The van der Waals surface area contributed by atoms with Crippen molar-refractivity contribution in [2.45, 2.75) is 22.5 Å². The number of ether oxygens (including phenoxy) is 1. The molecule has 1 saturated heterocycles. The van der Waals surface area contributed by atoms with Gasteiger partial charge in [-0.1, -0.05) is 18.2 Å². The van der Waals surface area contributed by atoms with Gasteiger partial charge in [0.15, 0.2) is 17.5 Å². The van der Waals surface area contributed by atoms with Crippen molar-refractivity contribution in [3.05, 3.63) is 83.0 Å². The standard InChI is InChI=1S/C32H41N9OS2/c1-24-20-29(38-37-24)36-31(30(42-5)32(34-2)41-18-16-40(17-19-41)15-14-39(3)4)35-23-44-28-12-10-27(11-13-28)43-22-26-9-7-6-8-25(26)21-33/h6-13,20H,2,14-19,22-23H2,1,3-5H3,(H2,35,36,37,38)/b32-30-. The number of nitriles is 1. The minimum absolute atomic E-state index is 0.462. The Balaban J connectivity index is 1.45. The lowest BCUT2D eigenvalue weighted by Gasteiger charge is -2.36. The predicted octanol–water partition coefficient (Wildman–Crippen LogP) is 5.14. The smallest absolute Gasteiger partial charge is 0.204 e. The summed E-state index contributed by atoms with van der Waals surface area (Å²) < 4.78 is 5.92. The van der Waals surface area contributed by atoms with Gasteiger partial charge in [-0.15, -0.1) is 23.5 Å². The Hall–Kier alpha value is -3.76. The van der Waals surface area contributed by atoms with Gasteiger partial charge in [-0.2, -0.15) is 10.4 Å². The van der Waals surface area contributed by atoms with Crippen molar-refractivity contribution in [2.24, 2.45) is 9.98 Å². The zero-order chi connectivity index (χ0) is 31.3. The highest BCUT2D eigenvalue weighted by Gasteiger charge is 2.24. The van der Waals surface area contributed by atoms with Gasteiger partial charge in [0.05, 0.1) is 24.6 Å². The van der Waals surface area contributed by atoms with Crippen molar-refractivity contribution >= 4 is 41.9 Å². The van der Waals surface area contributed by atoms with Crippen LogP contribution in [-0.4, -0.2) is 104 Å². The summed E-state index contributed by atoms with van der Waals surface area (Å²) in [4.78, 5) is 18.4. The third-order valence-corrected chi connectivity index (χ3v) is 8.99. The number of methoxy groups -OCH3 is 1. The molecule has 3 aromatic rings. The van der Waals surface area contributed by atoms with Gasteiger partial charge in [0.1, 0.15) is 0 Å². The molecule has 0 bridgehead atoms. The number of nitrogens with one attached hydrogen (secondary N) is 2. The van der Waals surface area contributed by atoms with Crippen LogP contribution in [0, 0.1) is 18.3 Å². The summed E-state index contributed by atoms with van der Waals surface area (Å²) >= 11 is 3.35. The second kappa shape index (κ2) is 16.9. The highest BCUT2D eigenvalue weighted by Crippen LogP contribution is 2.28.